The first kappa shape index (κ1) is 23.9. The molecule has 0 fully saturated rings. The van der Waals surface area contributed by atoms with Crippen molar-refractivity contribution in [2.45, 2.75) is 51.4 Å². The van der Waals surface area contributed by atoms with Crippen LogP contribution in [0.15, 0.2) is 142 Å². The van der Waals surface area contributed by atoms with Gasteiger partial charge in [0.2, 0.25) is 0 Å². The molecular weight excluding hydrogens is 509 g/mol. The Kier molecular flexibility index (Phi) is 5.89. The van der Waals surface area contributed by atoms with Crippen molar-refractivity contribution in [3.8, 4) is 0 Å². The van der Waals surface area contributed by atoms with E-state index >= 15 is 0 Å². The van der Waals surface area contributed by atoms with Gasteiger partial charge >= 0.3 is 0 Å². The van der Waals surface area contributed by atoms with Crippen LogP contribution in [0, 0.1) is 11.8 Å². The second-order valence-corrected chi connectivity index (χ2v) is 13.8. The van der Waals surface area contributed by atoms with Gasteiger partial charge in [0, 0.05) is 37.5 Å². The maximum Gasteiger partial charge on any atom is 0.0378 e. The fourth-order valence-electron chi connectivity index (χ4n) is 7.55. The Labute approximate surface area is 240 Å². The Morgan fingerprint density at radius 3 is 2.18 bits per heavy atom. The zero-order valence-corrected chi connectivity index (χ0v) is 23.6. The van der Waals surface area contributed by atoms with Crippen molar-refractivity contribution in [1.82, 2.24) is 0 Å². The number of fused-ring (bicyclic) bond motifs is 8. The molecule has 2 heterocycles. The van der Waals surface area contributed by atoms with E-state index in [0.29, 0.717) is 22.3 Å². The summed E-state index contributed by atoms with van der Waals surface area (Å²) >= 11 is 4.13. The van der Waals surface area contributed by atoms with E-state index in [-0.39, 0.29) is 5.41 Å². The molecular formula is C37H32S2. The molecule has 4 aliphatic carbocycles. The molecule has 5 unspecified atom stereocenters. The van der Waals surface area contributed by atoms with E-state index in [1.54, 1.807) is 0 Å². The molecule has 8 rings (SSSR count). The van der Waals surface area contributed by atoms with Crippen LogP contribution in [-0.4, -0.2) is 10.5 Å². The monoisotopic (exact) mass is 540 g/mol. The zero-order chi connectivity index (χ0) is 25.8. The minimum atomic E-state index is -0.136. The highest BCUT2D eigenvalue weighted by molar-refractivity contribution is 8.00. The molecule has 192 valence electrons. The smallest absolute Gasteiger partial charge is 0.0378 e. The van der Waals surface area contributed by atoms with E-state index in [2.05, 4.69) is 145 Å². The molecule has 1 spiro atoms. The summed E-state index contributed by atoms with van der Waals surface area (Å²) in [6.45, 7) is 0. The van der Waals surface area contributed by atoms with Gasteiger partial charge in [0.1, 0.15) is 0 Å². The van der Waals surface area contributed by atoms with E-state index in [9.17, 15) is 0 Å². The first-order chi connectivity index (χ1) is 19.3. The third kappa shape index (κ3) is 3.75. The van der Waals surface area contributed by atoms with Crippen molar-refractivity contribution in [3.05, 3.63) is 149 Å². The van der Waals surface area contributed by atoms with Crippen molar-refractivity contribution < 1.29 is 0 Å². The normalized spacial score (nSPS) is 31.5. The summed E-state index contributed by atoms with van der Waals surface area (Å²) in [4.78, 5) is 2.89. The van der Waals surface area contributed by atoms with Crippen LogP contribution in [0.2, 0.25) is 0 Å². The average Bonchev–Trinajstić information content (AvgIpc) is 3.01. The SMILES string of the molecule is C1=CC2Sc3ccc(C4=CCCC=C4)cc3C3(c4ccccc4SC4C=CC(C5=CCCC=C5)=CC43)C2C=C1. The van der Waals surface area contributed by atoms with Gasteiger partial charge in [0.05, 0.1) is 0 Å². The highest BCUT2D eigenvalue weighted by atomic mass is 32.2. The topological polar surface area (TPSA) is 0 Å². The van der Waals surface area contributed by atoms with E-state index < -0.39 is 0 Å². The number of thioether (sulfide) groups is 2. The van der Waals surface area contributed by atoms with Gasteiger partial charge in [0.15, 0.2) is 0 Å². The van der Waals surface area contributed by atoms with Crippen LogP contribution in [0.3, 0.4) is 0 Å². The Balaban J connectivity index is 1.41. The summed E-state index contributed by atoms with van der Waals surface area (Å²) in [7, 11) is 0. The van der Waals surface area contributed by atoms with Crippen LogP contribution < -0.4 is 0 Å². The molecule has 6 aliphatic rings. The Hall–Kier alpha value is -2.94. The molecule has 2 heteroatoms. The van der Waals surface area contributed by atoms with E-state index in [0.717, 1.165) is 25.7 Å². The predicted octanol–water partition coefficient (Wildman–Crippen LogP) is 9.79. The number of rotatable bonds is 2. The standard InChI is InChI=1S/C37H32S2/c1-3-11-25(12-4-1)27-19-21-35-31(23-27)37(29-15-7-9-17-33(29)38-35)30-16-8-10-18-34(30)39-36-22-20-28(24-32(36)37)26-13-5-2-6-14-26/h3,5,7-24,29,32-33,36H,1-2,4,6H2. The van der Waals surface area contributed by atoms with Gasteiger partial charge in [-0.2, -0.15) is 0 Å². The van der Waals surface area contributed by atoms with Gasteiger partial charge in [-0.05, 0) is 77.3 Å². The Morgan fingerprint density at radius 2 is 1.36 bits per heavy atom. The number of allylic oxidation sites excluding steroid dienone is 14. The van der Waals surface area contributed by atoms with E-state index in [1.807, 2.05) is 0 Å². The third-order valence-electron chi connectivity index (χ3n) is 9.26. The van der Waals surface area contributed by atoms with Crippen LogP contribution in [0.25, 0.3) is 5.57 Å². The first-order valence-corrected chi connectivity index (χ1v) is 16.1. The van der Waals surface area contributed by atoms with E-state index in [1.165, 1.54) is 43.2 Å². The van der Waals surface area contributed by atoms with Gasteiger partial charge in [-0.1, -0.05) is 103 Å². The Morgan fingerprint density at radius 1 is 0.615 bits per heavy atom. The van der Waals surface area contributed by atoms with Gasteiger partial charge in [-0.25, -0.2) is 0 Å². The zero-order valence-electron chi connectivity index (χ0n) is 22.0. The minimum Gasteiger partial charge on any atom is -0.118 e. The van der Waals surface area contributed by atoms with E-state index in [4.69, 9.17) is 0 Å². The lowest BCUT2D eigenvalue weighted by molar-refractivity contribution is 0.277. The molecule has 0 N–H and O–H groups in total. The van der Waals surface area contributed by atoms with Crippen LogP contribution >= 0.6 is 23.5 Å². The molecule has 0 saturated carbocycles. The second-order valence-electron chi connectivity index (χ2n) is 11.3. The van der Waals surface area contributed by atoms with Crippen molar-refractivity contribution in [1.29, 1.82) is 0 Å². The molecule has 0 radical (unpaired) electrons. The molecule has 2 aliphatic heterocycles. The van der Waals surface area contributed by atoms with Crippen molar-refractivity contribution >= 4 is 29.1 Å². The van der Waals surface area contributed by atoms with Gasteiger partial charge in [0.25, 0.3) is 0 Å². The lowest BCUT2D eigenvalue weighted by Crippen LogP contribution is -2.53. The third-order valence-corrected chi connectivity index (χ3v) is 11.9. The van der Waals surface area contributed by atoms with Crippen molar-refractivity contribution in [2.24, 2.45) is 11.8 Å². The molecule has 2 aromatic carbocycles. The van der Waals surface area contributed by atoms with Crippen LogP contribution in [0.4, 0.5) is 0 Å². The number of hydrogen-bond donors (Lipinski definition) is 0. The summed E-state index contributed by atoms with van der Waals surface area (Å²) < 4.78 is 0. The highest BCUT2D eigenvalue weighted by Crippen LogP contribution is 2.64. The number of hydrogen-bond acceptors (Lipinski definition) is 2. The molecule has 2 aromatic rings. The predicted molar refractivity (Wildman–Crippen MR) is 168 cm³/mol. The Bertz CT molecular complexity index is 1590. The molecule has 0 saturated heterocycles. The number of benzene rings is 2. The summed E-state index contributed by atoms with van der Waals surface area (Å²) in [5, 5.41) is 0.834. The fourth-order valence-corrected chi connectivity index (χ4v) is 10.4. The highest BCUT2D eigenvalue weighted by Gasteiger charge is 2.58. The second kappa shape index (κ2) is 9.61. The lowest BCUT2D eigenvalue weighted by Gasteiger charge is -2.56. The van der Waals surface area contributed by atoms with Gasteiger partial charge in [-0.3, -0.25) is 0 Å². The minimum absolute atomic E-state index is 0.136. The summed E-state index contributed by atoms with van der Waals surface area (Å²) in [6.07, 6.45) is 35.9. The summed E-state index contributed by atoms with van der Waals surface area (Å²) in [5.41, 5.74) is 8.42. The van der Waals surface area contributed by atoms with Crippen molar-refractivity contribution in [2.75, 3.05) is 0 Å². The molecule has 0 bridgehead atoms. The molecule has 5 atom stereocenters. The van der Waals surface area contributed by atoms with Crippen LogP contribution in [-0.2, 0) is 5.41 Å². The molecule has 0 amide bonds. The first-order valence-electron chi connectivity index (χ1n) is 14.4. The summed E-state index contributed by atoms with van der Waals surface area (Å²) in [6, 6.07) is 16.7. The lowest BCUT2D eigenvalue weighted by atomic mass is 9.54. The maximum absolute atomic E-state index is 2.66. The molecule has 0 nitrogen and oxygen atoms in total. The maximum atomic E-state index is 2.66. The van der Waals surface area contributed by atoms with Gasteiger partial charge < -0.3 is 0 Å². The van der Waals surface area contributed by atoms with Gasteiger partial charge in [-0.15, -0.1) is 23.5 Å². The van der Waals surface area contributed by atoms with Crippen molar-refractivity contribution in [3.63, 3.8) is 0 Å². The largest absolute Gasteiger partial charge is 0.118 e. The average molecular weight is 541 g/mol. The van der Waals surface area contributed by atoms with Crippen LogP contribution in [0.5, 0.6) is 0 Å². The molecule has 0 aromatic heterocycles. The quantitative estimate of drug-likeness (QED) is 0.372. The molecule has 39 heavy (non-hydrogen) atoms. The summed E-state index contributed by atoms with van der Waals surface area (Å²) in [5.74, 6) is 0.753. The van der Waals surface area contributed by atoms with Crippen LogP contribution in [0.1, 0.15) is 42.4 Å². The fraction of sp³-hybridized carbons (Fsp3) is 0.243.